The summed E-state index contributed by atoms with van der Waals surface area (Å²) in [7, 11) is 0. The van der Waals surface area contributed by atoms with Crippen LogP contribution in [0.15, 0.2) is 91.0 Å². The number of benzene rings is 3. The maximum absolute atomic E-state index is 15.9. The molecule has 0 saturated heterocycles. The highest BCUT2D eigenvalue weighted by Gasteiger charge is 2.42. The Kier molecular flexibility index (Phi) is 6.19. The van der Waals surface area contributed by atoms with Crippen LogP contribution in [-0.2, 0) is 5.54 Å². The van der Waals surface area contributed by atoms with E-state index in [1.54, 1.807) is 0 Å². The van der Waals surface area contributed by atoms with Crippen LogP contribution in [0.3, 0.4) is 0 Å². The second kappa shape index (κ2) is 8.77. The molecule has 0 amide bonds. The van der Waals surface area contributed by atoms with Gasteiger partial charge in [-0.1, -0.05) is 111 Å². The molecule has 0 aliphatic rings. The molecule has 134 valence electrons. The van der Waals surface area contributed by atoms with E-state index in [0.29, 0.717) is 6.54 Å². The van der Waals surface area contributed by atoms with Crippen molar-refractivity contribution in [1.82, 2.24) is 5.12 Å². The molecule has 0 aromatic heterocycles. The van der Waals surface area contributed by atoms with Gasteiger partial charge in [-0.25, -0.2) is 0 Å². The SMILES string of the molecule is CCCCCN(F)C(c1ccccc1)(c1ccccc1)c1ccccc1. The van der Waals surface area contributed by atoms with Crippen LogP contribution >= 0.6 is 0 Å². The summed E-state index contributed by atoms with van der Waals surface area (Å²) in [4.78, 5) is 0. The van der Waals surface area contributed by atoms with Crippen LogP contribution in [0.4, 0.5) is 4.48 Å². The van der Waals surface area contributed by atoms with Crippen LogP contribution in [0.25, 0.3) is 0 Å². The van der Waals surface area contributed by atoms with Crippen molar-refractivity contribution < 1.29 is 4.48 Å². The quantitative estimate of drug-likeness (QED) is 0.260. The number of nitrogens with zero attached hydrogens (tertiary/aromatic N) is 1. The van der Waals surface area contributed by atoms with Gasteiger partial charge >= 0.3 is 0 Å². The molecule has 0 bridgehead atoms. The van der Waals surface area contributed by atoms with Gasteiger partial charge < -0.3 is 0 Å². The predicted octanol–water partition coefficient (Wildman–Crippen LogP) is 6.36. The fraction of sp³-hybridized carbons (Fsp3) is 0.250. The average Bonchev–Trinajstić information content (AvgIpc) is 2.71. The van der Waals surface area contributed by atoms with E-state index in [1.807, 2.05) is 91.0 Å². The van der Waals surface area contributed by atoms with Crippen LogP contribution in [0.5, 0.6) is 0 Å². The summed E-state index contributed by atoms with van der Waals surface area (Å²) in [5.74, 6) is 0. The van der Waals surface area contributed by atoms with Crippen LogP contribution in [0.2, 0.25) is 0 Å². The van der Waals surface area contributed by atoms with Gasteiger partial charge in [0.25, 0.3) is 0 Å². The summed E-state index contributed by atoms with van der Waals surface area (Å²) in [5.41, 5.74) is 1.88. The van der Waals surface area contributed by atoms with Crippen molar-refractivity contribution in [3.05, 3.63) is 108 Å². The summed E-state index contributed by atoms with van der Waals surface area (Å²) in [6.07, 6.45) is 2.93. The van der Waals surface area contributed by atoms with Gasteiger partial charge in [-0.2, -0.15) is 0 Å². The Hall–Kier alpha value is -2.45. The van der Waals surface area contributed by atoms with E-state index in [9.17, 15) is 0 Å². The first-order valence-corrected chi connectivity index (χ1v) is 9.40. The normalized spacial score (nSPS) is 11.7. The maximum Gasteiger partial charge on any atom is 0.126 e. The lowest BCUT2D eigenvalue weighted by atomic mass is 9.76. The van der Waals surface area contributed by atoms with E-state index in [0.717, 1.165) is 41.1 Å². The molecule has 1 nitrogen and oxygen atoms in total. The third-order valence-corrected chi connectivity index (χ3v) is 4.90. The minimum absolute atomic E-state index is 0.395. The molecular formula is C24H26FN. The Morgan fingerprint density at radius 3 is 1.38 bits per heavy atom. The van der Waals surface area contributed by atoms with E-state index < -0.39 is 5.54 Å². The van der Waals surface area contributed by atoms with E-state index in [1.165, 1.54) is 0 Å². The fourth-order valence-electron chi connectivity index (χ4n) is 3.63. The second-order valence-corrected chi connectivity index (χ2v) is 6.60. The van der Waals surface area contributed by atoms with E-state index in [-0.39, 0.29) is 0 Å². The predicted molar refractivity (Wildman–Crippen MR) is 107 cm³/mol. The molecule has 0 N–H and O–H groups in total. The molecule has 0 saturated carbocycles. The highest BCUT2D eigenvalue weighted by Crippen LogP contribution is 2.42. The lowest BCUT2D eigenvalue weighted by Gasteiger charge is -2.40. The molecule has 3 rings (SSSR count). The zero-order chi connectivity index (χ0) is 18.2. The topological polar surface area (TPSA) is 3.24 Å². The lowest BCUT2D eigenvalue weighted by molar-refractivity contribution is -0.0506. The monoisotopic (exact) mass is 347 g/mol. The molecule has 3 aromatic carbocycles. The Labute approximate surface area is 156 Å². The smallest absolute Gasteiger partial charge is 0.126 e. The summed E-state index contributed by atoms with van der Waals surface area (Å²) in [6, 6.07) is 29.9. The van der Waals surface area contributed by atoms with Crippen LogP contribution in [0, 0.1) is 0 Å². The van der Waals surface area contributed by atoms with Gasteiger partial charge in [0.05, 0.1) is 0 Å². The Morgan fingerprint density at radius 2 is 1.04 bits per heavy atom. The summed E-state index contributed by atoms with van der Waals surface area (Å²) in [6.45, 7) is 2.54. The van der Waals surface area contributed by atoms with Gasteiger partial charge in [-0.3, -0.25) is 0 Å². The second-order valence-electron chi connectivity index (χ2n) is 6.60. The fourth-order valence-corrected chi connectivity index (χ4v) is 3.63. The molecule has 0 heterocycles. The minimum Gasteiger partial charge on any atom is -0.133 e. The van der Waals surface area contributed by atoms with Crippen molar-refractivity contribution in [2.75, 3.05) is 6.54 Å². The van der Waals surface area contributed by atoms with E-state index >= 15 is 4.48 Å². The van der Waals surface area contributed by atoms with Crippen molar-refractivity contribution in [2.24, 2.45) is 0 Å². The number of hydrogen-bond acceptors (Lipinski definition) is 1. The molecule has 0 radical (unpaired) electrons. The van der Waals surface area contributed by atoms with Crippen molar-refractivity contribution in [3.8, 4) is 0 Å². The molecule has 26 heavy (non-hydrogen) atoms. The van der Waals surface area contributed by atoms with Crippen LogP contribution in [0.1, 0.15) is 42.9 Å². The van der Waals surface area contributed by atoms with Gasteiger partial charge in [-0.05, 0) is 23.1 Å². The van der Waals surface area contributed by atoms with Gasteiger partial charge in [-0.15, -0.1) is 9.60 Å². The summed E-state index contributed by atoms with van der Waals surface area (Å²) in [5, 5.41) is 1.03. The van der Waals surface area contributed by atoms with Crippen molar-refractivity contribution in [3.63, 3.8) is 0 Å². The molecule has 0 aliphatic heterocycles. The van der Waals surface area contributed by atoms with Gasteiger partial charge in [0.2, 0.25) is 0 Å². The van der Waals surface area contributed by atoms with E-state index in [2.05, 4.69) is 6.92 Å². The third-order valence-electron chi connectivity index (χ3n) is 4.90. The van der Waals surface area contributed by atoms with Crippen molar-refractivity contribution >= 4 is 0 Å². The molecule has 2 heteroatoms. The molecule has 0 unspecified atom stereocenters. The van der Waals surface area contributed by atoms with Crippen LogP contribution in [-0.4, -0.2) is 11.7 Å². The summed E-state index contributed by atoms with van der Waals surface area (Å²) < 4.78 is 15.9. The van der Waals surface area contributed by atoms with Crippen molar-refractivity contribution in [1.29, 1.82) is 0 Å². The first kappa shape index (κ1) is 18.3. The standard InChI is InChI=1S/C24H26FN/c1-2-3-13-20-26(25)24(21-14-7-4-8-15-21,22-16-9-5-10-17-22)23-18-11-6-12-19-23/h4-12,14-19H,2-3,13,20H2,1H3. The number of halogens is 1. The zero-order valence-electron chi connectivity index (χ0n) is 15.3. The third kappa shape index (κ3) is 3.56. The minimum atomic E-state index is -0.947. The van der Waals surface area contributed by atoms with Gasteiger partial charge in [0.15, 0.2) is 0 Å². The highest BCUT2D eigenvalue weighted by atomic mass is 19.2. The summed E-state index contributed by atoms with van der Waals surface area (Å²) >= 11 is 0. The van der Waals surface area contributed by atoms with Crippen molar-refractivity contribution in [2.45, 2.75) is 31.7 Å². The largest absolute Gasteiger partial charge is 0.133 e. The molecule has 0 aliphatic carbocycles. The Balaban J connectivity index is 2.21. The van der Waals surface area contributed by atoms with Gasteiger partial charge in [0, 0.05) is 6.54 Å². The van der Waals surface area contributed by atoms with Gasteiger partial charge in [0.1, 0.15) is 5.54 Å². The molecule has 0 spiro atoms. The first-order valence-electron chi connectivity index (χ1n) is 9.40. The lowest BCUT2D eigenvalue weighted by Crippen LogP contribution is -2.44. The molecule has 3 aromatic rings. The Bertz CT molecular complexity index is 674. The first-order chi connectivity index (χ1) is 12.8. The molecular weight excluding hydrogens is 321 g/mol. The average molecular weight is 347 g/mol. The zero-order valence-corrected chi connectivity index (χ0v) is 15.3. The highest BCUT2D eigenvalue weighted by molar-refractivity contribution is 5.49. The number of rotatable bonds is 8. The number of unbranched alkanes of at least 4 members (excludes halogenated alkanes) is 2. The van der Waals surface area contributed by atoms with Crippen LogP contribution < -0.4 is 0 Å². The number of hydrogen-bond donors (Lipinski definition) is 0. The Morgan fingerprint density at radius 1 is 0.654 bits per heavy atom. The van der Waals surface area contributed by atoms with E-state index in [4.69, 9.17) is 0 Å². The molecule has 0 atom stereocenters. The molecule has 0 fully saturated rings. The maximum atomic E-state index is 15.9.